The van der Waals surface area contributed by atoms with Gasteiger partial charge in [-0.05, 0) is 13.8 Å². The van der Waals surface area contributed by atoms with E-state index in [0.717, 1.165) is 13.8 Å². The van der Waals surface area contributed by atoms with Crippen molar-refractivity contribution in [1.29, 1.82) is 0 Å². The van der Waals surface area contributed by atoms with Crippen molar-refractivity contribution in [3.05, 3.63) is 0 Å². The number of hydrogen-bond acceptors (Lipinski definition) is 8. The predicted molar refractivity (Wildman–Crippen MR) is 50.6 cm³/mol. The molecular formula is C10H10LaO8-2. The Morgan fingerprint density at radius 2 is 0.895 bits per heavy atom. The molecule has 8 nitrogen and oxygen atoms in total. The molecule has 0 aliphatic heterocycles. The van der Waals surface area contributed by atoms with Crippen LogP contribution in [0, 0.1) is 35.6 Å². The Morgan fingerprint density at radius 1 is 0.684 bits per heavy atom. The normalized spacial score (nSPS) is 8.11. The molecule has 9 heteroatoms. The van der Waals surface area contributed by atoms with Gasteiger partial charge in [0.05, 0.1) is 12.8 Å². The number of Topliss-reactive ketones (excluding diaryl/α,β-unsaturated/α-hetero) is 4. The van der Waals surface area contributed by atoms with Crippen LogP contribution in [0.1, 0.15) is 26.7 Å². The van der Waals surface area contributed by atoms with Crippen molar-refractivity contribution in [2.75, 3.05) is 0 Å². The summed E-state index contributed by atoms with van der Waals surface area (Å²) in [5.41, 5.74) is 0. The summed E-state index contributed by atoms with van der Waals surface area (Å²) in [6.07, 6.45) is -1.13. The zero-order valence-corrected chi connectivity index (χ0v) is 13.9. The number of rotatable bonds is 6. The van der Waals surface area contributed by atoms with E-state index >= 15 is 0 Å². The summed E-state index contributed by atoms with van der Waals surface area (Å²) in [6.45, 7) is 2.28. The quantitative estimate of drug-likeness (QED) is 0.332. The fraction of sp³-hybridized carbons (Fsp3) is 0.400. The molecule has 0 aliphatic rings. The number of carboxylic acid groups (broad SMARTS) is 2. The Balaban J connectivity index is -0.000000256. The van der Waals surface area contributed by atoms with Gasteiger partial charge in [-0.1, -0.05) is 0 Å². The number of hydrogen-bond donors (Lipinski definition) is 0. The summed E-state index contributed by atoms with van der Waals surface area (Å²) >= 11 is 0. The van der Waals surface area contributed by atoms with Crippen molar-refractivity contribution in [3.63, 3.8) is 0 Å². The van der Waals surface area contributed by atoms with E-state index in [0.29, 0.717) is 0 Å². The number of aliphatic carboxylic acids is 2. The minimum absolute atomic E-state index is 0. The van der Waals surface area contributed by atoms with E-state index < -0.39 is 47.9 Å². The van der Waals surface area contributed by atoms with Gasteiger partial charge in [-0.25, -0.2) is 0 Å². The van der Waals surface area contributed by atoms with Gasteiger partial charge in [0.2, 0.25) is 0 Å². The zero-order valence-electron chi connectivity index (χ0n) is 10.3. The summed E-state index contributed by atoms with van der Waals surface area (Å²) < 4.78 is 0. The third-order valence-corrected chi connectivity index (χ3v) is 1.27. The standard InChI is InChI=1S/2C5H6O4.La/c2*1-3(6)2-4(7)5(8)9;/h2*2H2,1H3,(H,8,9);/p-2. The molecule has 0 spiro atoms. The van der Waals surface area contributed by atoms with E-state index in [1.165, 1.54) is 0 Å². The van der Waals surface area contributed by atoms with Crippen molar-refractivity contribution in [3.8, 4) is 0 Å². The Bertz CT molecular complexity index is 360. The van der Waals surface area contributed by atoms with Gasteiger partial charge in [0.1, 0.15) is 23.5 Å². The van der Waals surface area contributed by atoms with E-state index in [1.54, 1.807) is 0 Å². The molecule has 0 aromatic rings. The van der Waals surface area contributed by atoms with Crippen LogP contribution in [0.3, 0.4) is 0 Å². The van der Waals surface area contributed by atoms with Gasteiger partial charge in [-0.3, -0.25) is 19.2 Å². The maximum absolute atomic E-state index is 10.1. The van der Waals surface area contributed by atoms with Gasteiger partial charge in [0, 0.05) is 35.6 Å². The minimum Gasteiger partial charge on any atom is -0.542 e. The van der Waals surface area contributed by atoms with Gasteiger partial charge in [0.15, 0.2) is 11.6 Å². The second-order valence-corrected chi connectivity index (χ2v) is 3.18. The molecule has 0 N–H and O–H groups in total. The SMILES string of the molecule is CC(=O)CC(=O)C(=O)[O-].CC(=O)CC(=O)C(=O)[O-].[La]. The van der Waals surface area contributed by atoms with Crippen LogP contribution < -0.4 is 10.2 Å². The van der Waals surface area contributed by atoms with Crippen LogP contribution >= 0.6 is 0 Å². The van der Waals surface area contributed by atoms with E-state index in [-0.39, 0.29) is 35.6 Å². The average Bonchev–Trinajstić information content (AvgIpc) is 2.16. The van der Waals surface area contributed by atoms with Crippen molar-refractivity contribution >= 4 is 35.1 Å². The van der Waals surface area contributed by atoms with Crippen LogP contribution in [-0.4, -0.2) is 35.1 Å². The Morgan fingerprint density at radius 3 is 0.947 bits per heavy atom. The van der Waals surface area contributed by atoms with Crippen LogP contribution in [0.25, 0.3) is 0 Å². The number of carbonyl (C=O) groups is 6. The first kappa shape index (κ1) is 22.9. The molecule has 0 amide bonds. The smallest absolute Gasteiger partial charge is 0.185 e. The molecule has 0 heterocycles. The first-order valence-corrected chi connectivity index (χ1v) is 4.55. The maximum Gasteiger partial charge on any atom is 0.185 e. The molecule has 0 saturated carbocycles. The van der Waals surface area contributed by atoms with Crippen molar-refractivity contribution < 1.29 is 74.6 Å². The second kappa shape index (κ2) is 11.9. The van der Waals surface area contributed by atoms with Crippen molar-refractivity contribution in [2.45, 2.75) is 26.7 Å². The van der Waals surface area contributed by atoms with Crippen LogP contribution in [0.2, 0.25) is 0 Å². The van der Waals surface area contributed by atoms with Gasteiger partial charge in [-0.2, -0.15) is 0 Å². The molecular weight excluding hydrogens is 387 g/mol. The molecule has 0 fully saturated rings. The van der Waals surface area contributed by atoms with Crippen LogP contribution in [0.4, 0.5) is 0 Å². The molecule has 0 rings (SSSR count). The van der Waals surface area contributed by atoms with Crippen LogP contribution in [0.15, 0.2) is 0 Å². The molecule has 0 aliphatic carbocycles. The average molecular weight is 397 g/mol. The third-order valence-electron chi connectivity index (χ3n) is 1.27. The predicted octanol–water partition coefficient (Wildman–Crippen LogP) is -3.43. The summed E-state index contributed by atoms with van der Waals surface area (Å²) in [6, 6.07) is 0. The molecule has 0 atom stereocenters. The third kappa shape index (κ3) is 16.8. The Hall–Kier alpha value is -1.19. The van der Waals surface area contributed by atoms with Crippen LogP contribution in [0.5, 0.6) is 0 Å². The van der Waals surface area contributed by atoms with Crippen molar-refractivity contribution in [1.82, 2.24) is 0 Å². The molecule has 103 valence electrons. The van der Waals surface area contributed by atoms with Crippen molar-refractivity contribution in [2.24, 2.45) is 0 Å². The first-order valence-electron chi connectivity index (χ1n) is 4.55. The first-order chi connectivity index (χ1) is 8.07. The monoisotopic (exact) mass is 397 g/mol. The summed E-state index contributed by atoms with van der Waals surface area (Å²) in [5.74, 6) is -6.87. The molecule has 0 aromatic carbocycles. The fourth-order valence-corrected chi connectivity index (χ4v) is 0.597. The van der Waals surface area contributed by atoms with E-state index in [2.05, 4.69) is 0 Å². The zero-order chi connectivity index (χ0) is 14.9. The molecule has 0 saturated heterocycles. The summed E-state index contributed by atoms with van der Waals surface area (Å²) in [5, 5.41) is 19.2. The number of carbonyl (C=O) groups excluding carboxylic acids is 6. The van der Waals surface area contributed by atoms with E-state index in [9.17, 15) is 39.0 Å². The van der Waals surface area contributed by atoms with Gasteiger partial charge in [0.25, 0.3) is 0 Å². The Labute approximate surface area is 136 Å². The fourth-order valence-electron chi connectivity index (χ4n) is 0.597. The van der Waals surface area contributed by atoms with Gasteiger partial charge in [-0.15, -0.1) is 0 Å². The topological polar surface area (TPSA) is 149 Å². The van der Waals surface area contributed by atoms with Gasteiger partial charge >= 0.3 is 0 Å². The summed E-state index contributed by atoms with van der Waals surface area (Å²) in [7, 11) is 0. The largest absolute Gasteiger partial charge is 0.542 e. The maximum atomic E-state index is 10.1. The number of carboxylic acids is 2. The Kier molecular flexibility index (Phi) is 14.3. The summed E-state index contributed by atoms with van der Waals surface area (Å²) in [4.78, 5) is 59.5. The number of ketones is 4. The van der Waals surface area contributed by atoms with E-state index in [1.807, 2.05) is 0 Å². The molecule has 1 radical (unpaired) electrons. The van der Waals surface area contributed by atoms with E-state index in [4.69, 9.17) is 0 Å². The minimum atomic E-state index is -1.80. The second-order valence-electron chi connectivity index (χ2n) is 3.18. The molecule has 0 bridgehead atoms. The molecule has 0 aromatic heterocycles. The van der Waals surface area contributed by atoms with Gasteiger partial charge < -0.3 is 19.8 Å². The molecule has 19 heavy (non-hydrogen) atoms. The molecule has 0 unspecified atom stereocenters. The van der Waals surface area contributed by atoms with Crippen LogP contribution in [-0.2, 0) is 28.8 Å².